The van der Waals surface area contributed by atoms with Crippen molar-refractivity contribution >= 4 is 5.84 Å². The van der Waals surface area contributed by atoms with Crippen molar-refractivity contribution in [1.82, 2.24) is 0 Å². The molecular weight excluding hydrogens is 156 g/mol. The first-order valence-corrected chi connectivity index (χ1v) is 3.42. The summed E-state index contributed by atoms with van der Waals surface area (Å²) in [6.07, 6.45) is 0. The van der Waals surface area contributed by atoms with E-state index in [1.54, 1.807) is 18.2 Å². The Morgan fingerprint density at radius 2 is 2.17 bits per heavy atom. The SMILES string of the molecule is Cc1ccc(C(N)=NO)c(O)c1. The van der Waals surface area contributed by atoms with Crippen LogP contribution < -0.4 is 5.73 Å². The quantitative estimate of drug-likeness (QED) is 0.250. The fourth-order valence-corrected chi connectivity index (χ4v) is 0.912. The van der Waals surface area contributed by atoms with Gasteiger partial charge in [-0.25, -0.2) is 0 Å². The zero-order valence-corrected chi connectivity index (χ0v) is 6.65. The molecule has 0 radical (unpaired) electrons. The van der Waals surface area contributed by atoms with Gasteiger partial charge in [0.15, 0.2) is 5.84 Å². The summed E-state index contributed by atoms with van der Waals surface area (Å²) in [6, 6.07) is 4.92. The lowest BCUT2D eigenvalue weighted by molar-refractivity contribution is 0.318. The molecular formula is C8H10N2O2. The molecule has 0 aliphatic heterocycles. The first kappa shape index (κ1) is 8.39. The van der Waals surface area contributed by atoms with Crippen LogP contribution in [0.15, 0.2) is 23.4 Å². The van der Waals surface area contributed by atoms with E-state index in [-0.39, 0.29) is 11.6 Å². The average Bonchev–Trinajstić information content (AvgIpc) is 2.03. The van der Waals surface area contributed by atoms with Gasteiger partial charge >= 0.3 is 0 Å². The number of rotatable bonds is 1. The second kappa shape index (κ2) is 3.13. The van der Waals surface area contributed by atoms with Crippen molar-refractivity contribution in [3.63, 3.8) is 0 Å². The molecule has 0 aliphatic carbocycles. The fourth-order valence-electron chi connectivity index (χ4n) is 0.912. The van der Waals surface area contributed by atoms with Gasteiger partial charge in [-0.2, -0.15) is 0 Å². The third-order valence-corrected chi connectivity index (χ3v) is 1.54. The summed E-state index contributed by atoms with van der Waals surface area (Å²) in [4.78, 5) is 0. The van der Waals surface area contributed by atoms with Crippen LogP contribution in [0.25, 0.3) is 0 Å². The van der Waals surface area contributed by atoms with Gasteiger partial charge in [0.1, 0.15) is 5.75 Å². The molecule has 0 spiro atoms. The van der Waals surface area contributed by atoms with E-state index in [0.29, 0.717) is 5.56 Å². The smallest absolute Gasteiger partial charge is 0.173 e. The normalized spacial score (nSPS) is 11.6. The second-order valence-corrected chi connectivity index (χ2v) is 2.51. The number of nitrogens with zero attached hydrogens (tertiary/aromatic N) is 1. The van der Waals surface area contributed by atoms with Crippen molar-refractivity contribution in [2.45, 2.75) is 6.92 Å². The van der Waals surface area contributed by atoms with Crippen LogP contribution >= 0.6 is 0 Å². The summed E-state index contributed by atoms with van der Waals surface area (Å²) in [5.41, 5.74) is 6.54. The number of hydrogen-bond donors (Lipinski definition) is 3. The number of nitrogens with two attached hydrogens (primary N) is 1. The lowest BCUT2D eigenvalue weighted by Crippen LogP contribution is -2.13. The van der Waals surface area contributed by atoms with Gasteiger partial charge in [-0.3, -0.25) is 0 Å². The van der Waals surface area contributed by atoms with E-state index in [2.05, 4.69) is 5.16 Å². The Morgan fingerprint density at radius 1 is 1.50 bits per heavy atom. The summed E-state index contributed by atoms with van der Waals surface area (Å²) in [7, 11) is 0. The third-order valence-electron chi connectivity index (χ3n) is 1.54. The van der Waals surface area contributed by atoms with Gasteiger partial charge in [-0.1, -0.05) is 11.2 Å². The van der Waals surface area contributed by atoms with Crippen molar-refractivity contribution < 1.29 is 10.3 Å². The van der Waals surface area contributed by atoms with E-state index in [0.717, 1.165) is 5.56 Å². The van der Waals surface area contributed by atoms with Crippen LogP contribution in [0.5, 0.6) is 5.75 Å². The van der Waals surface area contributed by atoms with Gasteiger partial charge in [0, 0.05) is 0 Å². The number of benzene rings is 1. The topological polar surface area (TPSA) is 78.8 Å². The second-order valence-electron chi connectivity index (χ2n) is 2.51. The molecule has 0 unspecified atom stereocenters. The van der Waals surface area contributed by atoms with Crippen molar-refractivity contribution in [2.24, 2.45) is 10.9 Å². The van der Waals surface area contributed by atoms with Gasteiger partial charge in [-0.05, 0) is 24.6 Å². The maximum absolute atomic E-state index is 9.32. The summed E-state index contributed by atoms with van der Waals surface area (Å²) in [5, 5.41) is 20.4. The van der Waals surface area contributed by atoms with E-state index >= 15 is 0 Å². The van der Waals surface area contributed by atoms with Crippen LogP contribution in [0.2, 0.25) is 0 Å². The van der Waals surface area contributed by atoms with Crippen molar-refractivity contribution in [2.75, 3.05) is 0 Å². The van der Waals surface area contributed by atoms with Gasteiger partial charge in [0.25, 0.3) is 0 Å². The predicted molar refractivity (Wildman–Crippen MR) is 45.4 cm³/mol. The molecule has 12 heavy (non-hydrogen) atoms. The molecule has 0 heterocycles. The van der Waals surface area contributed by atoms with E-state index in [9.17, 15) is 5.11 Å². The van der Waals surface area contributed by atoms with Crippen LogP contribution in [-0.2, 0) is 0 Å². The highest BCUT2D eigenvalue weighted by molar-refractivity contribution is 5.99. The number of amidine groups is 1. The minimum Gasteiger partial charge on any atom is -0.507 e. The van der Waals surface area contributed by atoms with Crippen molar-refractivity contribution in [3.05, 3.63) is 29.3 Å². The zero-order chi connectivity index (χ0) is 9.14. The first-order chi connectivity index (χ1) is 5.65. The highest BCUT2D eigenvalue weighted by atomic mass is 16.4. The standard InChI is InChI=1S/C8H10N2O2/c1-5-2-3-6(7(11)4-5)8(9)10-12/h2-4,11-12H,1H3,(H2,9,10). The number of hydrogen-bond acceptors (Lipinski definition) is 3. The molecule has 0 bridgehead atoms. The molecule has 64 valence electrons. The van der Waals surface area contributed by atoms with E-state index in [1.807, 2.05) is 6.92 Å². The Morgan fingerprint density at radius 3 is 2.67 bits per heavy atom. The molecule has 0 amide bonds. The Kier molecular flexibility index (Phi) is 2.19. The molecule has 4 N–H and O–H groups in total. The van der Waals surface area contributed by atoms with Crippen LogP contribution in [0.4, 0.5) is 0 Å². The molecule has 1 aromatic rings. The Bertz CT molecular complexity index is 321. The van der Waals surface area contributed by atoms with Gasteiger partial charge in [-0.15, -0.1) is 0 Å². The molecule has 0 fully saturated rings. The summed E-state index contributed by atoms with van der Waals surface area (Å²) in [6.45, 7) is 1.84. The lowest BCUT2D eigenvalue weighted by atomic mass is 10.1. The molecule has 0 aromatic heterocycles. The molecule has 1 aromatic carbocycles. The maximum Gasteiger partial charge on any atom is 0.173 e. The number of aryl methyl sites for hydroxylation is 1. The van der Waals surface area contributed by atoms with Crippen LogP contribution in [-0.4, -0.2) is 16.1 Å². The van der Waals surface area contributed by atoms with Crippen molar-refractivity contribution in [3.8, 4) is 5.75 Å². The number of aromatic hydroxyl groups is 1. The molecule has 0 atom stereocenters. The summed E-state index contributed by atoms with van der Waals surface area (Å²) in [5.74, 6) is -0.0715. The van der Waals surface area contributed by atoms with E-state index in [4.69, 9.17) is 10.9 Å². The van der Waals surface area contributed by atoms with Gasteiger partial charge in [0.2, 0.25) is 0 Å². The van der Waals surface area contributed by atoms with E-state index < -0.39 is 0 Å². The molecule has 0 saturated carbocycles. The van der Waals surface area contributed by atoms with Gasteiger partial charge in [0.05, 0.1) is 5.56 Å². The highest BCUT2D eigenvalue weighted by Crippen LogP contribution is 2.17. The van der Waals surface area contributed by atoms with Crippen LogP contribution in [0.3, 0.4) is 0 Å². The number of phenolic OH excluding ortho intramolecular Hbond substituents is 1. The van der Waals surface area contributed by atoms with Crippen molar-refractivity contribution in [1.29, 1.82) is 0 Å². The maximum atomic E-state index is 9.32. The van der Waals surface area contributed by atoms with Crippen LogP contribution in [0, 0.1) is 6.92 Å². The zero-order valence-electron chi connectivity index (χ0n) is 6.65. The molecule has 4 heteroatoms. The number of phenols is 1. The van der Waals surface area contributed by atoms with E-state index in [1.165, 1.54) is 0 Å². The minimum absolute atomic E-state index is 0.0188. The molecule has 0 aliphatic rings. The fraction of sp³-hybridized carbons (Fsp3) is 0.125. The largest absolute Gasteiger partial charge is 0.507 e. The molecule has 4 nitrogen and oxygen atoms in total. The minimum atomic E-state index is -0.0903. The molecule has 0 saturated heterocycles. The lowest BCUT2D eigenvalue weighted by Gasteiger charge is -2.02. The predicted octanol–water partition coefficient (Wildman–Crippen LogP) is 0.795. The highest BCUT2D eigenvalue weighted by Gasteiger charge is 2.04. The monoisotopic (exact) mass is 166 g/mol. The molecule has 1 rings (SSSR count). The number of oxime groups is 1. The summed E-state index contributed by atoms with van der Waals surface area (Å²) >= 11 is 0. The van der Waals surface area contributed by atoms with Crippen LogP contribution in [0.1, 0.15) is 11.1 Å². The first-order valence-electron chi connectivity index (χ1n) is 3.42. The summed E-state index contributed by atoms with van der Waals surface area (Å²) < 4.78 is 0. The average molecular weight is 166 g/mol. The van der Waals surface area contributed by atoms with Gasteiger partial charge < -0.3 is 16.0 Å². The Balaban J connectivity index is 3.18. The Labute approximate surface area is 69.9 Å². The Hall–Kier alpha value is -1.71. The third kappa shape index (κ3) is 1.47.